The molecule has 0 amide bonds. The van der Waals surface area contributed by atoms with Gasteiger partial charge in [-0.2, -0.15) is 15.0 Å². The Morgan fingerprint density at radius 1 is 0.974 bits per heavy atom. The third-order valence-corrected chi connectivity index (χ3v) is 7.08. The van der Waals surface area contributed by atoms with E-state index in [1.165, 1.54) is 18.4 Å². The van der Waals surface area contributed by atoms with Crippen LogP contribution in [0.1, 0.15) is 28.8 Å². The van der Waals surface area contributed by atoms with E-state index in [-0.39, 0.29) is 11.8 Å². The van der Waals surface area contributed by atoms with Gasteiger partial charge in [-0.15, -0.1) is 0 Å². The molecule has 9 nitrogen and oxygen atoms in total. The molecule has 3 aliphatic rings. The normalized spacial score (nSPS) is 17.7. The van der Waals surface area contributed by atoms with Gasteiger partial charge in [0, 0.05) is 38.2 Å². The van der Waals surface area contributed by atoms with Crippen LogP contribution < -0.4 is 15.0 Å². The van der Waals surface area contributed by atoms with Crippen LogP contribution in [-0.4, -0.2) is 71.2 Å². The molecule has 3 aromatic rings. The first-order valence-electron chi connectivity index (χ1n) is 13.2. The quantitative estimate of drug-likeness (QED) is 0.455. The molecule has 0 unspecified atom stereocenters. The molecule has 0 bridgehead atoms. The summed E-state index contributed by atoms with van der Waals surface area (Å²) in [6.45, 7) is 4.28. The van der Waals surface area contributed by atoms with Crippen LogP contribution in [0.15, 0.2) is 71.2 Å². The number of Topliss-reactive ketones (excluding diaryl/α,β-unsaturated/α-hetero) is 1. The minimum atomic E-state index is 0.0815. The Hall–Kier alpha value is -4.11. The molecule has 1 aromatic heterocycles. The van der Waals surface area contributed by atoms with Crippen molar-refractivity contribution in [2.45, 2.75) is 19.3 Å². The topological polar surface area (TPSA) is 95.8 Å². The molecule has 0 atom stereocenters. The summed E-state index contributed by atoms with van der Waals surface area (Å²) in [7, 11) is 2.12. The van der Waals surface area contributed by atoms with Gasteiger partial charge in [0.25, 0.3) is 0 Å². The molecule has 2 aliphatic heterocycles. The van der Waals surface area contributed by atoms with Crippen molar-refractivity contribution < 1.29 is 9.53 Å². The van der Waals surface area contributed by atoms with Crippen molar-refractivity contribution in [2.75, 3.05) is 50.0 Å². The van der Waals surface area contributed by atoms with Crippen molar-refractivity contribution in [3.8, 4) is 11.8 Å². The van der Waals surface area contributed by atoms with E-state index in [1.807, 2.05) is 54.6 Å². The number of ketones is 1. The molecule has 0 spiro atoms. The summed E-state index contributed by atoms with van der Waals surface area (Å²) in [5, 5.41) is 3.27. The zero-order chi connectivity index (χ0) is 25.9. The van der Waals surface area contributed by atoms with Gasteiger partial charge in [0.2, 0.25) is 11.9 Å². The lowest BCUT2D eigenvalue weighted by Crippen LogP contribution is -2.45. The number of nitrogens with zero attached hydrogens (tertiary/aromatic N) is 6. The highest BCUT2D eigenvalue weighted by Crippen LogP contribution is 2.37. The highest BCUT2D eigenvalue weighted by atomic mass is 16.5. The van der Waals surface area contributed by atoms with Crippen LogP contribution in [0.4, 0.5) is 11.9 Å². The van der Waals surface area contributed by atoms with Gasteiger partial charge < -0.3 is 19.9 Å². The SMILES string of the molecule is CN1CCN(c2nc(NC3=NCC(C4CC4)=C3)nc(Oc3ccc(CC(=O)c4ccccc4)cc3)n2)CC1. The van der Waals surface area contributed by atoms with Crippen LogP contribution in [0.3, 0.4) is 0 Å². The van der Waals surface area contributed by atoms with Crippen LogP contribution in [0, 0.1) is 5.92 Å². The average Bonchev–Trinajstić information content (AvgIpc) is 3.69. The molecule has 1 aliphatic carbocycles. The fourth-order valence-corrected chi connectivity index (χ4v) is 4.62. The number of piperazine rings is 1. The summed E-state index contributed by atoms with van der Waals surface area (Å²) in [6, 6.07) is 17.0. The van der Waals surface area contributed by atoms with Gasteiger partial charge in [-0.05, 0) is 55.2 Å². The van der Waals surface area contributed by atoms with Crippen molar-refractivity contribution >= 4 is 23.5 Å². The molecular weight excluding hydrogens is 478 g/mol. The maximum absolute atomic E-state index is 12.6. The maximum Gasteiger partial charge on any atom is 0.328 e. The lowest BCUT2D eigenvalue weighted by Gasteiger charge is -2.32. The highest BCUT2D eigenvalue weighted by molar-refractivity contribution is 6.05. The number of benzene rings is 2. The number of nitrogens with one attached hydrogen (secondary N) is 1. The van der Waals surface area contributed by atoms with Crippen molar-refractivity contribution in [3.63, 3.8) is 0 Å². The summed E-state index contributed by atoms with van der Waals surface area (Å²) in [5.41, 5.74) is 3.00. The molecule has 2 aromatic carbocycles. The van der Waals surface area contributed by atoms with E-state index in [0.717, 1.165) is 44.1 Å². The van der Waals surface area contributed by atoms with Crippen LogP contribution in [0.2, 0.25) is 0 Å². The third-order valence-electron chi connectivity index (χ3n) is 7.08. The van der Waals surface area contributed by atoms with Crippen LogP contribution in [0.25, 0.3) is 0 Å². The van der Waals surface area contributed by atoms with Crippen LogP contribution in [0.5, 0.6) is 11.8 Å². The third kappa shape index (κ3) is 5.89. The lowest BCUT2D eigenvalue weighted by atomic mass is 10.0. The largest absolute Gasteiger partial charge is 0.424 e. The second kappa shape index (κ2) is 10.7. The molecule has 1 N–H and O–H groups in total. The number of ether oxygens (including phenoxy) is 1. The molecule has 1 saturated carbocycles. The average molecular weight is 510 g/mol. The zero-order valence-corrected chi connectivity index (χ0v) is 21.5. The lowest BCUT2D eigenvalue weighted by molar-refractivity contribution is 0.0993. The second-order valence-electron chi connectivity index (χ2n) is 10.1. The Kier molecular flexibility index (Phi) is 6.83. The first kappa shape index (κ1) is 24.2. The second-order valence-corrected chi connectivity index (χ2v) is 10.1. The Morgan fingerprint density at radius 2 is 1.74 bits per heavy atom. The molecule has 9 heteroatoms. The number of carbonyl (C=O) groups excluding carboxylic acids is 1. The number of amidine groups is 1. The van der Waals surface area contributed by atoms with Gasteiger partial charge in [0.1, 0.15) is 11.6 Å². The number of carbonyl (C=O) groups is 1. The monoisotopic (exact) mass is 509 g/mol. The molecule has 2 fully saturated rings. The zero-order valence-electron chi connectivity index (χ0n) is 21.5. The first-order chi connectivity index (χ1) is 18.6. The van der Waals surface area contributed by atoms with Gasteiger partial charge in [-0.25, -0.2) is 0 Å². The van der Waals surface area contributed by atoms with E-state index in [2.05, 4.69) is 43.2 Å². The molecule has 3 heterocycles. The summed E-state index contributed by atoms with van der Waals surface area (Å²) < 4.78 is 6.07. The van der Waals surface area contributed by atoms with Gasteiger partial charge in [-0.1, -0.05) is 42.5 Å². The number of aliphatic imine (C=N–C) groups is 1. The van der Waals surface area contributed by atoms with E-state index in [1.54, 1.807) is 0 Å². The number of likely N-dealkylation sites (N-methyl/N-ethyl adjacent to an activating group) is 1. The summed E-state index contributed by atoms with van der Waals surface area (Å²) in [4.78, 5) is 35.5. The summed E-state index contributed by atoms with van der Waals surface area (Å²) >= 11 is 0. The number of hydrogen-bond donors (Lipinski definition) is 1. The molecule has 194 valence electrons. The molecule has 38 heavy (non-hydrogen) atoms. The molecule has 0 radical (unpaired) electrons. The number of rotatable bonds is 8. The number of hydrogen-bond acceptors (Lipinski definition) is 9. The fourth-order valence-electron chi connectivity index (χ4n) is 4.62. The van der Waals surface area contributed by atoms with Crippen molar-refractivity contribution in [3.05, 3.63) is 77.4 Å². The van der Waals surface area contributed by atoms with Gasteiger partial charge in [0.05, 0.1) is 6.54 Å². The predicted octanol–water partition coefficient (Wildman–Crippen LogP) is 4.00. The summed E-state index contributed by atoms with van der Waals surface area (Å²) in [5.74, 6) is 3.14. The van der Waals surface area contributed by atoms with E-state index in [0.29, 0.717) is 35.5 Å². The van der Waals surface area contributed by atoms with Gasteiger partial charge >= 0.3 is 6.01 Å². The van der Waals surface area contributed by atoms with E-state index < -0.39 is 0 Å². The van der Waals surface area contributed by atoms with E-state index in [9.17, 15) is 4.79 Å². The van der Waals surface area contributed by atoms with Crippen molar-refractivity contribution in [2.24, 2.45) is 10.9 Å². The maximum atomic E-state index is 12.6. The Labute approximate surface area is 222 Å². The predicted molar refractivity (Wildman–Crippen MR) is 147 cm³/mol. The Bertz CT molecular complexity index is 1360. The molecule has 1 saturated heterocycles. The fraction of sp³-hybridized carbons (Fsp3) is 0.345. The van der Waals surface area contributed by atoms with Crippen molar-refractivity contribution in [1.29, 1.82) is 0 Å². The van der Waals surface area contributed by atoms with Gasteiger partial charge in [0.15, 0.2) is 5.78 Å². The Morgan fingerprint density at radius 3 is 2.47 bits per heavy atom. The van der Waals surface area contributed by atoms with E-state index in [4.69, 9.17) is 9.72 Å². The Balaban J connectivity index is 1.18. The van der Waals surface area contributed by atoms with Gasteiger partial charge in [-0.3, -0.25) is 9.79 Å². The minimum Gasteiger partial charge on any atom is -0.424 e. The van der Waals surface area contributed by atoms with E-state index >= 15 is 0 Å². The highest BCUT2D eigenvalue weighted by Gasteiger charge is 2.28. The standard InChI is InChI=1S/C29H31N7O2/c1-35-13-15-36(16-14-35)28-32-27(31-26-18-23(19-30-26)21-9-10-21)33-29(34-28)38-24-11-7-20(8-12-24)17-25(37)22-5-3-2-4-6-22/h2-8,11-12,18,21H,9-10,13-17,19H2,1H3,(H,30,31,32,33,34). The summed E-state index contributed by atoms with van der Waals surface area (Å²) in [6.07, 6.45) is 4.96. The van der Waals surface area contributed by atoms with Crippen LogP contribution >= 0.6 is 0 Å². The number of anilines is 2. The van der Waals surface area contributed by atoms with Crippen molar-refractivity contribution in [1.82, 2.24) is 19.9 Å². The number of aromatic nitrogens is 3. The first-order valence-corrected chi connectivity index (χ1v) is 13.2. The minimum absolute atomic E-state index is 0.0815. The molecular formula is C29H31N7O2. The smallest absolute Gasteiger partial charge is 0.328 e. The molecule has 6 rings (SSSR count). The van der Waals surface area contributed by atoms with Crippen LogP contribution in [-0.2, 0) is 6.42 Å².